The van der Waals surface area contributed by atoms with Gasteiger partial charge in [-0.2, -0.15) is 5.10 Å². The molecule has 0 saturated carbocycles. The number of amides is 1. The first-order chi connectivity index (χ1) is 12.2. The van der Waals surface area contributed by atoms with E-state index in [1.54, 1.807) is 0 Å². The summed E-state index contributed by atoms with van der Waals surface area (Å²) in [5.41, 5.74) is 5.69. The Hall–Kier alpha value is -1.98. The lowest BCUT2D eigenvalue weighted by Crippen LogP contribution is -2.62. The smallest absolute Gasteiger partial charge is 0.264 e. The lowest BCUT2D eigenvalue weighted by Gasteiger charge is -2.44. The maximum Gasteiger partial charge on any atom is 0.264 e. The number of benzene rings is 2. The monoisotopic (exact) mass is 413 g/mol. The standard InChI is InChI=1S/C21H24BrN3O/c1-14(15-9-11-17(22)12-10-15)23-24-19(26)21(4)18-8-6-5-7-16(18)13-20(2,3)25-21/h5-12,25H,13H2,1-4H3,(H,24,26)/b23-14-. The highest BCUT2D eigenvalue weighted by atomic mass is 79.9. The summed E-state index contributed by atoms with van der Waals surface area (Å²) >= 11 is 3.42. The first kappa shape index (κ1) is 18.8. The van der Waals surface area contributed by atoms with E-state index in [-0.39, 0.29) is 11.4 Å². The molecule has 1 atom stereocenters. The van der Waals surface area contributed by atoms with Crippen molar-refractivity contribution in [1.82, 2.24) is 10.7 Å². The molecule has 0 fully saturated rings. The molecule has 0 saturated heterocycles. The molecule has 2 aromatic rings. The summed E-state index contributed by atoms with van der Waals surface area (Å²) < 4.78 is 1.01. The summed E-state index contributed by atoms with van der Waals surface area (Å²) in [6, 6.07) is 16.0. The predicted molar refractivity (Wildman–Crippen MR) is 109 cm³/mol. The maximum absolute atomic E-state index is 13.1. The van der Waals surface area contributed by atoms with Gasteiger partial charge in [-0.1, -0.05) is 52.3 Å². The highest BCUT2D eigenvalue weighted by molar-refractivity contribution is 9.10. The number of carbonyl (C=O) groups excluding carboxylic acids is 1. The zero-order chi connectivity index (χ0) is 18.9. The van der Waals surface area contributed by atoms with Crippen LogP contribution in [0.2, 0.25) is 0 Å². The molecule has 0 radical (unpaired) electrons. The van der Waals surface area contributed by atoms with Crippen LogP contribution >= 0.6 is 15.9 Å². The Morgan fingerprint density at radius 3 is 2.46 bits per heavy atom. The fourth-order valence-corrected chi connectivity index (χ4v) is 3.87. The van der Waals surface area contributed by atoms with E-state index in [1.807, 2.05) is 56.3 Å². The molecule has 0 aromatic heterocycles. The second kappa shape index (κ2) is 6.97. The number of hydrogen-bond donors (Lipinski definition) is 2. The van der Waals surface area contributed by atoms with Crippen LogP contribution in [0.1, 0.15) is 44.4 Å². The molecule has 1 heterocycles. The summed E-state index contributed by atoms with van der Waals surface area (Å²) in [7, 11) is 0. The molecule has 1 amide bonds. The van der Waals surface area contributed by atoms with Gasteiger partial charge in [-0.15, -0.1) is 0 Å². The number of nitrogens with one attached hydrogen (secondary N) is 2. The first-order valence-corrected chi connectivity index (χ1v) is 9.49. The molecule has 0 aliphatic carbocycles. The topological polar surface area (TPSA) is 53.5 Å². The SMILES string of the molecule is C/C(=N/NC(=O)C1(C)NC(C)(C)Cc2ccccc21)c1ccc(Br)cc1. The van der Waals surface area contributed by atoms with Crippen molar-refractivity contribution in [2.75, 3.05) is 0 Å². The van der Waals surface area contributed by atoms with E-state index in [0.29, 0.717) is 0 Å². The predicted octanol–water partition coefficient (Wildman–Crippen LogP) is 4.13. The molecule has 4 nitrogen and oxygen atoms in total. The Kier molecular flexibility index (Phi) is 5.04. The number of hydrogen-bond acceptors (Lipinski definition) is 3. The van der Waals surface area contributed by atoms with Crippen LogP contribution in [0.25, 0.3) is 0 Å². The van der Waals surface area contributed by atoms with Gasteiger partial charge in [0.15, 0.2) is 0 Å². The van der Waals surface area contributed by atoms with E-state index in [1.165, 1.54) is 5.56 Å². The van der Waals surface area contributed by atoms with E-state index in [4.69, 9.17) is 0 Å². The van der Waals surface area contributed by atoms with Crippen molar-refractivity contribution in [1.29, 1.82) is 0 Å². The molecule has 1 aliphatic rings. The van der Waals surface area contributed by atoms with Crippen LogP contribution in [0.4, 0.5) is 0 Å². The van der Waals surface area contributed by atoms with Crippen LogP contribution in [-0.2, 0) is 16.8 Å². The van der Waals surface area contributed by atoms with Gasteiger partial charge in [-0.25, -0.2) is 5.43 Å². The Bertz CT molecular complexity index is 858. The van der Waals surface area contributed by atoms with E-state index < -0.39 is 5.54 Å². The highest BCUT2D eigenvalue weighted by Gasteiger charge is 2.44. The van der Waals surface area contributed by atoms with Crippen LogP contribution < -0.4 is 10.7 Å². The minimum Gasteiger partial charge on any atom is -0.294 e. The van der Waals surface area contributed by atoms with Gasteiger partial charge in [-0.05, 0) is 62.9 Å². The van der Waals surface area contributed by atoms with Gasteiger partial charge >= 0.3 is 0 Å². The summed E-state index contributed by atoms with van der Waals surface area (Å²) in [6.45, 7) is 8.04. The molecule has 5 heteroatoms. The van der Waals surface area contributed by atoms with Crippen molar-refractivity contribution in [2.45, 2.75) is 45.2 Å². The van der Waals surface area contributed by atoms with Crippen LogP contribution in [0, 0.1) is 0 Å². The van der Waals surface area contributed by atoms with Crippen LogP contribution in [0.3, 0.4) is 0 Å². The summed E-state index contributed by atoms with van der Waals surface area (Å²) in [4.78, 5) is 13.1. The zero-order valence-electron chi connectivity index (χ0n) is 15.6. The Labute approximate surface area is 163 Å². The van der Waals surface area contributed by atoms with E-state index >= 15 is 0 Å². The number of hydrazone groups is 1. The molecule has 0 spiro atoms. The van der Waals surface area contributed by atoms with Crippen molar-refractivity contribution in [3.05, 3.63) is 69.7 Å². The molecular formula is C21H24BrN3O. The van der Waals surface area contributed by atoms with Crippen molar-refractivity contribution in [2.24, 2.45) is 5.10 Å². The minimum atomic E-state index is -0.832. The lowest BCUT2D eigenvalue weighted by molar-refractivity contribution is -0.128. The third-order valence-corrected chi connectivity index (χ3v) is 5.35. The largest absolute Gasteiger partial charge is 0.294 e. The number of carbonyl (C=O) groups is 1. The maximum atomic E-state index is 13.1. The van der Waals surface area contributed by atoms with Crippen LogP contribution in [-0.4, -0.2) is 17.2 Å². The molecule has 1 aliphatic heterocycles. The molecule has 0 bridgehead atoms. The van der Waals surface area contributed by atoms with Gasteiger partial charge < -0.3 is 0 Å². The Morgan fingerprint density at radius 1 is 1.12 bits per heavy atom. The summed E-state index contributed by atoms with van der Waals surface area (Å²) in [5, 5.41) is 7.84. The van der Waals surface area contributed by atoms with Gasteiger partial charge in [0.2, 0.25) is 0 Å². The summed E-state index contributed by atoms with van der Waals surface area (Å²) in [6.07, 6.45) is 0.882. The number of nitrogens with zero attached hydrogens (tertiary/aromatic N) is 1. The van der Waals surface area contributed by atoms with E-state index in [9.17, 15) is 4.79 Å². The Balaban J connectivity index is 1.87. The second-order valence-electron chi connectivity index (χ2n) is 7.61. The molecule has 26 heavy (non-hydrogen) atoms. The van der Waals surface area contributed by atoms with Crippen LogP contribution in [0.15, 0.2) is 58.1 Å². The average Bonchev–Trinajstić information content (AvgIpc) is 2.59. The first-order valence-electron chi connectivity index (χ1n) is 8.70. The molecular weight excluding hydrogens is 390 g/mol. The van der Waals surface area contributed by atoms with Gasteiger partial charge in [0.25, 0.3) is 5.91 Å². The third kappa shape index (κ3) is 3.74. The number of halogens is 1. The summed E-state index contributed by atoms with van der Waals surface area (Å²) in [5.74, 6) is -0.158. The van der Waals surface area contributed by atoms with Crippen LogP contribution in [0.5, 0.6) is 0 Å². The average molecular weight is 414 g/mol. The fraction of sp³-hybridized carbons (Fsp3) is 0.333. The molecule has 3 rings (SSSR count). The van der Waals surface area contributed by atoms with Gasteiger partial charge in [-0.3, -0.25) is 10.1 Å². The number of fused-ring (bicyclic) bond motifs is 1. The number of rotatable bonds is 3. The van der Waals surface area contributed by atoms with Gasteiger partial charge in [0.05, 0.1) is 5.71 Å². The molecule has 1 unspecified atom stereocenters. The third-order valence-electron chi connectivity index (χ3n) is 4.82. The molecule has 2 aromatic carbocycles. The van der Waals surface area contributed by atoms with Crippen molar-refractivity contribution < 1.29 is 4.79 Å². The van der Waals surface area contributed by atoms with E-state index in [2.05, 4.69) is 51.7 Å². The van der Waals surface area contributed by atoms with E-state index in [0.717, 1.165) is 27.7 Å². The quantitative estimate of drug-likeness (QED) is 0.586. The zero-order valence-corrected chi connectivity index (χ0v) is 17.1. The highest BCUT2D eigenvalue weighted by Crippen LogP contribution is 2.34. The van der Waals surface area contributed by atoms with Gasteiger partial charge in [0, 0.05) is 10.0 Å². The van der Waals surface area contributed by atoms with Crippen molar-refractivity contribution >= 4 is 27.5 Å². The normalized spacial score (nSPS) is 21.8. The lowest BCUT2D eigenvalue weighted by atomic mass is 9.76. The minimum absolute atomic E-state index is 0.158. The van der Waals surface area contributed by atoms with Gasteiger partial charge in [0.1, 0.15) is 5.54 Å². The fourth-order valence-electron chi connectivity index (χ4n) is 3.61. The Morgan fingerprint density at radius 2 is 1.77 bits per heavy atom. The second-order valence-corrected chi connectivity index (χ2v) is 8.53. The van der Waals surface area contributed by atoms with Crippen molar-refractivity contribution in [3.8, 4) is 0 Å². The molecule has 2 N–H and O–H groups in total. The molecule has 136 valence electrons. The van der Waals surface area contributed by atoms with Crippen molar-refractivity contribution in [3.63, 3.8) is 0 Å².